The number of rotatable bonds is 6. The van der Waals surface area contributed by atoms with Gasteiger partial charge in [-0.25, -0.2) is 9.78 Å². The molecule has 1 aromatic carbocycles. The van der Waals surface area contributed by atoms with Crippen molar-refractivity contribution < 1.29 is 9.53 Å². The number of ether oxygens (including phenoxy) is 1. The molecule has 0 fully saturated rings. The Hall–Kier alpha value is -2.50. The van der Waals surface area contributed by atoms with E-state index < -0.39 is 0 Å². The Balaban J connectivity index is 1.84. The van der Waals surface area contributed by atoms with Gasteiger partial charge in [-0.1, -0.05) is 0 Å². The van der Waals surface area contributed by atoms with Gasteiger partial charge in [0, 0.05) is 33.0 Å². The van der Waals surface area contributed by atoms with Crippen molar-refractivity contribution in [3.63, 3.8) is 0 Å². The third-order valence-corrected chi connectivity index (χ3v) is 3.10. The van der Waals surface area contributed by atoms with Crippen LogP contribution in [-0.4, -0.2) is 36.2 Å². The van der Waals surface area contributed by atoms with Crippen LogP contribution in [0.2, 0.25) is 0 Å². The van der Waals surface area contributed by atoms with Crippen molar-refractivity contribution in [2.45, 2.75) is 13.0 Å². The highest BCUT2D eigenvalue weighted by Crippen LogP contribution is 2.22. The lowest BCUT2D eigenvalue weighted by atomic mass is 10.1. The molecule has 0 saturated carbocycles. The standard InChI is InChI=1S/C15H20N4O2/c1-18(2)14-5-4-12(10-13(14)16)15(20)21-9-3-7-19-8-6-17-11-19/h4-6,8,10-11H,3,7,9,16H2,1-2H3. The summed E-state index contributed by atoms with van der Waals surface area (Å²) in [5.74, 6) is -0.349. The fraction of sp³-hybridized carbons (Fsp3) is 0.333. The van der Waals surface area contributed by atoms with Gasteiger partial charge in [-0.3, -0.25) is 0 Å². The maximum atomic E-state index is 11.9. The second-order valence-corrected chi connectivity index (χ2v) is 4.96. The number of carbonyl (C=O) groups excluding carboxylic acids is 1. The van der Waals surface area contributed by atoms with Gasteiger partial charge in [0.15, 0.2) is 0 Å². The van der Waals surface area contributed by atoms with E-state index in [1.165, 1.54) is 0 Å². The molecule has 0 radical (unpaired) electrons. The maximum Gasteiger partial charge on any atom is 0.338 e. The Morgan fingerprint density at radius 1 is 1.43 bits per heavy atom. The lowest BCUT2D eigenvalue weighted by Gasteiger charge is -2.15. The summed E-state index contributed by atoms with van der Waals surface area (Å²) in [6.45, 7) is 1.14. The van der Waals surface area contributed by atoms with Gasteiger partial charge in [0.05, 0.1) is 29.9 Å². The molecule has 0 bridgehead atoms. The summed E-state index contributed by atoms with van der Waals surface area (Å²) in [5, 5.41) is 0. The van der Waals surface area contributed by atoms with Gasteiger partial charge in [0.25, 0.3) is 0 Å². The average Bonchev–Trinajstić information content (AvgIpc) is 2.96. The van der Waals surface area contributed by atoms with Crippen molar-refractivity contribution in [1.82, 2.24) is 9.55 Å². The minimum absolute atomic E-state index is 0.349. The van der Waals surface area contributed by atoms with Crippen LogP contribution in [0.25, 0.3) is 0 Å². The predicted molar refractivity (Wildman–Crippen MR) is 82.3 cm³/mol. The SMILES string of the molecule is CN(C)c1ccc(C(=O)OCCCn2ccnc2)cc1N. The molecular weight excluding hydrogens is 268 g/mol. The number of aryl methyl sites for hydroxylation is 1. The van der Waals surface area contributed by atoms with E-state index in [2.05, 4.69) is 4.98 Å². The number of aromatic nitrogens is 2. The van der Waals surface area contributed by atoms with Crippen LogP contribution in [0.15, 0.2) is 36.9 Å². The molecule has 1 aromatic heterocycles. The highest BCUT2D eigenvalue weighted by atomic mass is 16.5. The van der Waals surface area contributed by atoms with Crippen molar-refractivity contribution in [3.05, 3.63) is 42.5 Å². The molecule has 0 spiro atoms. The minimum atomic E-state index is -0.349. The number of esters is 1. The Kier molecular flexibility index (Phi) is 4.81. The topological polar surface area (TPSA) is 73.4 Å². The fourth-order valence-electron chi connectivity index (χ4n) is 2.00. The van der Waals surface area contributed by atoms with Crippen LogP contribution >= 0.6 is 0 Å². The molecule has 0 aliphatic rings. The molecule has 0 aliphatic carbocycles. The van der Waals surface area contributed by atoms with Crippen molar-refractivity contribution in [1.29, 1.82) is 0 Å². The van der Waals surface area contributed by atoms with Crippen LogP contribution in [0.1, 0.15) is 16.8 Å². The number of nitrogens with zero attached hydrogens (tertiary/aromatic N) is 3. The average molecular weight is 288 g/mol. The van der Waals surface area contributed by atoms with E-state index >= 15 is 0 Å². The lowest BCUT2D eigenvalue weighted by Crippen LogP contribution is -2.13. The maximum absolute atomic E-state index is 11.9. The molecule has 0 unspecified atom stereocenters. The third kappa shape index (κ3) is 3.98. The van der Waals surface area contributed by atoms with E-state index in [0.717, 1.165) is 18.7 Å². The summed E-state index contributed by atoms with van der Waals surface area (Å²) >= 11 is 0. The molecule has 21 heavy (non-hydrogen) atoms. The number of benzene rings is 1. The monoisotopic (exact) mass is 288 g/mol. The molecule has 2 rings (SSSR count). The number of anilines is 2. The first kappa shape index (κ1) is 14.9. The second-order valence-electron chi connectivity index (χ2n) is 4.96. The highest BCUT2D eigenvalue weighted by Gasteiger charge is 2.10. The van der Waals surface area contributed by atoms with Gasteiger partial charge in [-0.15, -0.1) is 0 Å². The second kappa shape index (κ2) is 6.78. The van der Waals surface area contributed by atoms with Crippen LogP contribution in [-0.2, 0) is 11.3 Å². The zero-order valence-electron chi connectivity index (χ0n) is 12.3. The van der Waals surface area contributed by atoms with Crippen LogP contribution < -0.4 is 10.6 Å². The normalized spacial score (nSPS) is 10.4. The Morgan fingerprint density at radius 3 is 2.86 bits per heavy atom. The van der Waals surface area contributed by atoms with Gasteiger partial charge in [0.1, 0.15) is 0 Å². The zero-order chi connectivity index (χ0) is 15.2. The van der Waals surface area contributed by atoms with Crippen molar-refractivity contribution in [2.24, 2.45) is 0 Å². The van der Waals surface area contributed by atoms with Gasteiger partial charge >= 0.3 is 5.97 Å². The largest absolute Gasteiger partial charge is 0.462 e. The number of hydrogen-bond acceptors (Lipinski definition) is 5. The number of imidazole rings is 1. The predicted octanol–water partition coefficient (Wildman–Crippen LogP) is 1.78. The summed E-state index contributed by atoms with van der Waals surface area (Å²) in [7, 11) is 3.81. The first-order valence-corrected chi connectivity index (χ1v) is 6.77. The summed E-state index contributed by atoms with van der Waals surface area (Å²) in [6, 6.07) is 5.19. The van der Waals surface area contributed by atoms with Crippen molar-refractivity contribution >= 4 is 17.3 Å². The molecular formula is C15H20N4O2. The van der Waals surface area contributed by atoms with Crippen molar-refractivity contribution in [3.8, 4) is 0 Å². The van der Waals surface area contributed by atoms with Crippen LogP contribution in [0, 0.1) is 0 Å². The van der Waals surface area contributed by atoms with Gasteiger partial charge in [-0.2, -0.15) is 0 Å². The molecule has 112 valence electrons. The van der Waals surface area contributed by atoms with Gasteiger partial charge in [-0.05, 0) is 24.6 Å². The molecule has 2 aromatic rings. The molecule has 0 aliphatic heterocycles. The first-order valence-electron chi connectivity index (χ1n) is 6.77. The lowest BCUT2D eigenvalue weighted by molar-refractivity contribution is 0.0496. The fourth-order valence-corrected chi connectivity index (χ4v) is 2.00. The smallest absolute Gasteiger partial charge is 0.338 e. The Bertz CT molecular complexity index is 594. The molecule has 0 atom stereocenters. The minimum Gasteiger partial charge on any atom is -0.462 e. The summed E-state index contributed by atoms with van der Waals surface area (Å²) in [5.41, 5.74) is 7.84. The third-order valence-electron chi connectivity index (χ3n) is 3.10. The van der Waals surface area contributed by atoms with E-state index in [9.17, 15) is 4.79 Å². The molecule has 6 heteroatoms. The highest BCUT2D eigenvalue weighted by molar-refractivity contribution is 5.92. The van der Waals surface area contributed by atoms with Crippen LogP contribution in [0.4, 0.5) is 11.4 Å². The molecule has 2 N–H and O–H groups in total. The number of hydrogen-bond donors (Lipinski definition) is 1. The van der Waals surface area contributed by atoms with E-state index in [0.29, 0.717) is 17.9 Å². The molecule has 0 saturated heterocycles. The number of nitrogen functional groups attached to an aromatic ring is 1. The zero-order valence-corrected chi connectivity index (χ0v) is 12.3. The van der Waals surface area contributed by atoms with E-state index in [-0.39, 0.29) is 5.97 Å². The number of nitrogens with two attached hydrogens (primary N) is 1. The summed E-state index contributed by atoms with van der Waals surface area (Å²) in [6.07, 6.45) is 6.08. The quantitative estimate of drug-likeness (QED) is 0.498. The Morgan fingerprint density at radius 2 is 2.24 bits per heavy atom. The molecule has 0 amide bonds. The Labute approximate surface area is 124 Å². The van der Waals surface area contributed by atoms with Crippen molar-refractivity contribution in [2.75, 3.05) is 31.3 Å². The molecule has 6 nitrogen and oxygen atoms in total. The van der Waals surface area contributed by atoms with Gasteiger partial charge in [0.2, 0.25) is 0 Å². The number of carbonyl (C=O) groups is 1. The van der Waals surface area contributed by atoms with Crippen LogP contribution in [0.3, 0.4) is 0 Å². The van der Waals surface area contributed by atoms with Crippen LogP contribution in [0.5, 0.6) is 0 Å². The summed E-state index contributed by atoms with van der Waals surface area (Å²) in [4.78, 5) is 17.8. The van der Waals surface area contributed by atoms with Gasteiger partial charge < -0.3 is 19.9 Å². The van der Waals surface area contributed by atoms with E-state index in [4.69, 9.17) is 10.5 Å². The molecule has 1 heterocycles. The van der Waals surface area contributed by atoms with E-state index in [1.807, 2.05) is 35.8 Å². The van der Waals surface area contributed by atoms with E-state index in [1.54, 1.807) is 24.7 Å². The first-order chi connectivity index (χ1) is 10.1. The summed E-state index contributed by atoms with van der Waals surface area (Å²) < 4.78 is 7.18.